The summed E-state index contributed by atoms with van der Waals surface area (Å²) in [5.74, 6) is -0.299. The number of aryl methyl sites for hydroxylation is 1. The number of rotatable bonds is 7. The van der Waals surface area contributed by atoms with Crippen LogP contribution in [-0.2, 0) is 4.79 Å². The van der Waals surface area contributed by atoms with Crippen LogP contribution in [0.3, 0.4) is 0 Å². The van der Waals surface area contributed by atoms with Crippen LogP contribution in [0.4, 0.5) is 0 Å². The number of pyridine rings is 1. The Labute approximate surface area is 201 Å². The Morgan fingerprint density at radius 2 is 1.85 bits per heavy atom. The maximum atomic E-state index is 11.3. The maximum absolute atomic E-state index is 11.3. The summed E-state index contributed by atoms with van der Waals surface area (Å²) in [6, 6.07) is 12.7. The van der Waals surface area contributed by atoms with E-state index in [1.807, 2.05) is 19.1 Å². The molecule has 1 aromatic carbocycles. The van der Waals surface area contributed by atoms with Crippen LogP contribution in [0, 0.1) is 12.8 Å². The van der Waals surface area contributed by atoms with Crippen molar-refractivity contribution in [2.24, 2.45) is 11.1 Å². The van der Waals surface area contributed by atoms with Gasteiger partial charge in [-0.25, -0.2) is 0 Å². The molecular formula is C29H34N2O3. The lowest BCUT2D eigenvalue weighted by Crippen LogP contribution is -2.20. The fraction of sp³-hybridized carbons (Fsp3) is 0.414. The summed E-state index contributed by atoms with van der Waals surface area (Å²) in [5.41, 5.74) is 7.66. The Kier molecular flexibility index (Phi) is 7.61. The Balaban J connectivity index is 1.60. The zero-order valence-corrected chi connectivity index (χ0v) is 20.1. The van der Waals surface area contributed by atoms with E-state index in [9.17, 15) is 15.1 Å². The highest BCUT2D eigenvalue weighted by Gasteiger charge is 2.27. The first-order chi connectivity index (χ1) is 16.5. The molecule has 1 fully saturated rings. The van der Waals surface area contributed by atoms with Crippen molar-refractivity contribution in [1.29, 1.82) is 0 Å². The van der Waals surface area contributed by atoms with E-state index < -0.39 is 5.97 Å². The predicted octanol–water partition coefficient (Wildman–Crippen LogP) is 6.77. The molecule has 1 atom stereocenters. The van der Waals surface area contributed by atoms with E-state index >= 15 is 0 Å². The molecule has 4 rings (SSSR count). The third-order valence-corrected chi connectivity index (χ3v) is 7.51. The van der Waals surface area contributed by atoms with E-state index in [2.05, 4.69) is 53.5 Å². The van der Waals surface area contributed by atoms with Crippen LogP contribution < -0.4 is 0 Å². The lowest BCUT2D eigenvalue weighted by atomic mass is 9.77. The molecule has 2 aliphatic rings. The minimum Gasteiger partial charge on any atom is -0.481 e. The third kappa shape index (κ3) is 5.46. The van der Waals surface area contributed by atoms with Crippen molar-refractivity contribution in [2.75, 3.05) is 0 Å². The van der Waals surface area contributed by atoms with E-state index in [-0.39, 0.29) is 11.8 Å². The number of benzene rings is 1. The number of hydrogen-bond donors (Lipinski definition) is 2. The van der Waals surface area contributed by atoms with Gasteiger partial charge in [-0.3, -0.25) is 9.78 Å². The van der Waals surface area contributed by atoms with Crippen molar-refractivity contribution < 1.29 is 15.1 Å². The molecule has 5 heteroatoms. The average Bonchev–Trinajstić information content (AvgIpc) is 2.86. The van der Waals surface area contributed by atoms with Crippen LogP contribution in [0.2, 0.25) is 0 Å². The van der Waals surface area contributed by atoms with Gasteiger partial charge in [0.15, 0.2) is 0 Å². The second-order valence-electron chi connectivity index (χ2n) is 9.69. The van der Waals surface area contributed by atoms with Crippen molar-refractivity contribution in [3.63, 3.8) is 0 Å². The molecule has 0 spiro atoms. The minimum absolute atomic E-state index is 0.126. The first-order valence-corrected chi connectivity index (χ1v) is 12.3. The number of hydrogen-bond acceptors (Lipinski definition) is 4. The fourth-order valence-corrected chi connectivity index (χ4v) is 5.50. The first-order valence-electron chi connectivity index (χ1n) is 12.3. The van der Waals surface area contributed by atoms with Crippen LogP contribution in [0.25, 0.3) is 0 Å². The van der Waals surface area contributed by atoms with E-state index in [4.69, 9.17) is 0 Å². The molecule has 2 aromatic rings. The van der Waals surface area contributed by atoms with Gasteiger partial charge in [-0.2, -0.15) is 0 Å². The molecule has 5 nitrogen and oxygen atoms in total. The lowest BCUT2D eigenvalue weighted by molar-refractivity contribution is -0.142. The predicted molar refractivity (Wildman–Crippen MR) is 135 cm³/mol. The Hall–Kier alpha value is -3.21. The number of aromatic nitrogens is 1. The fourth-order valence-electron chi connectivity index (χ4n) is 5.50. The summed E-state index contributed by atoms with van der Waals surface area (Å²) in [7, 11) is 0. The molecule has 2 aliphatic carbocycles. The molecule has 0 amide bonds. The standard InChI is InChI=1S/C29H34N2O3/c1-19-5-3-4-6-26(19)27(18-28(31-34)25-15-16-30-20(2)17-25)23-11-7-21(8-12-23)22-9-13-24(14-10-22)29(32)33/h3,5,7-8,11-12,15-17,22,24,27,34H,4,6,9-10,13-14,18H2,1-2H3,(H,32,33)/b31-28+/t22?,24?,27-/m1/s1. The highest BCUT2D eigenvalue weighted by atomic mass is 16.4. The largest absolute Gasteiger partial charge is 0.481 e. The molecule has 1 heterocycles. The summed E-state index contributed by atoms with van der Waals surface area (Å²) < 4.78 is 0. The number of aliphatic carboxylic acids is 1. The molecule has 1 aromatic heterocycles. The zero-order chi connectivity index (χ0) is 24.1. The quantitative estimate of drug-likeness (QED) is 0.272. The van der Waals surface area contributed by atoms with E-state index in [0.29, 0.717) is 18.1 Å². The summed E-state index contributed by atoms with van der Waals surface area (Å²) >= 11 is 0. The molecule has 2 N–H and O–H groups in total. The van der Waals surface area contributed by atoms with Gasteiger partial charge in [-0.15, -0.1) is 0 Å². The van der Waals surface area contributed by atoms with Gasteiger partial charge in [0.1, 0.15) is 0 Å². The second-order valence-corrected chi connectivity index (χ2v) is 9.69. The minimum atomic E-state index is -0.660. The maximum Gasteiger partial charge on any atom is 0.306 e. The number of allylic oxidation sites excluding steroid dienone is 4. The highest BCUT2D eigenvalue weighted by Crippen LogP contribution is 2.39. The van der Waals surface area contributed by atoms with Crippen molar-refractivity contribution in [1.82, 2.24) is 4.98 Å². The van der Waals surface area contributed by atoms with Crippen molar-refractivity contribution in [3.8, 4) is 0 Å². The monoisotopic (exact) mass is 458 g/mol. The molecule has 0 saturated heterocycles. The van der Waals surface area contributed by atoms with Crippen LogP contribution in [0.5, 0.6) is 0 Å². The van der Waals surface area contributed by atoms with Gasteiger partial charge < -0.3 is 10.3 Å². The topological polar surface area (TPSA) is 82.8 Å². The van der Waals surface area contributed by atoms with Gasteiger partial charge in [0.05, 0.1) is 11.6 Å². The van der Waals surface area contributed by atoms with Crippen LogP contribution in [0.15, 0.2) is 71.0 Å². The van der Waals surface area contributed by atoms with Crippen molar-refractivity contribution in [2.45, 2.75) is 70.6 Å². The molecule has 34 heavy (non-hydrogen) atoms. The van der Waals surface area contributed by atoms with Crippen LogP contribution in [-0.4, -0.2) is 27.0 Å². The van der Waals surface area contributed by atoms with Crippen molar-refractivity contribution in [3.05, 3.63) is 88.3 Å². The third-order valence-electron chi connectivity index (χ3n) is 7.51. The summed E-state index contributed by atoms with van der Waals surface area (Å²) in [6.07, 6.45) is 12.2. The highest BCUT2D eigenvalue weighted by molar-refractivity contribution is 6.00. The van der Waals surface area contributed by atoms with E-state index in [0.717, 1.165) is 49.8 Å². The Bertz CT molecular complexity index is 1110. The smallest absolute Gasteiger partial charge is 0.306 e. The van der Waals surface area contributed by atoms with Gasteiger partial charge in [0, 0.05) is 29.8 Å². The van der Waals surface area contributed by atoms with Crippen molar-refractivity contribution >= 4 is 11.7 Å². The van der Waals surface area contributed by atoms with Crippen LogP contribution >= 0.6 is 0 Å². The molecule has 0 radical (unpaired) electrons. The summed E-state index contributed by atoms with van der Waals surface area (Å²) in [4.78, 5) is 15.6. The normalized spacial score (nSPS) is 22.0. The number of oxime groups is 1. The molecule has 1 saturated carbocycles. The SMILES string of the molecule is CC1=C([C@H](C/C(=N\O)c2ccnc(C)c2)c2ccc(C3CCC(C(=O)O)CC3)cc2)CCC=C1. The number of nitrogens with zero attached hydrogens (tertiary/aromatic N) is 2. The number of carbonyl (C=O) groups is 1. The number of carboxylic acid groups (broad SMARTS) is 1. The summed E-state index contributed by atoms with van der Waals surface area (Å²) in [5, 5.41) is 22.9. The zero-order valence-electron chi connectivity index (χ0n) is 20.1. The molecule has 0 bridgehead atoms. The Morgan fingerprint density at radius 3 is 2.47 bits per heavy atom. The number of carboxylic acids is 1. The average molecular weight is 459 g/mol. The van der Waals surface area contributed by atoms with Gasteiger partial charge in [0.2, 0.25) is 0 Å². The molecular weight excluding hydrogens is 424 g/mol. The van der Waals surface area contributed by atoms with Gasteiger partial charge in [0.25, 0.3) is 0 Å². The van der Waals surface area contributed by atoms with Gasteiger partial charge >= 0.3 is 5.97 Å². The lowest BCUT2D eigenvalue weighted by Gasteiger charge is -2.28. The van der Waals surface area contributed by atoms with Gasteiger partial charge in [-0.1, -0.05) is 52.7 Å². The summed E-state index contributed by atoms with van der Waals surface area (Å²) in [6.45, 7) is 4.11. The van der Waals surface area contributed by atoms with E-state index in [1.165, 1.54) is 22.3 Å². The Morgan fingerprint density at radius 1 is 1.12 bits per heavy atom. The second kappa shape index (κ2) is 10.8. The molecule has 0 aliphatic heterocycles. The molecule has 0 unspecified atom stereocenters. The van der Waals surface area contributed by atoms with Crippen LogP contribution in [0.1, 0.15) is 86.1 Å². The van der Waals surface area contributed by atoms with E-state index in [1.54, 1.807) is 6.20 Å². The van der Waals surface area contributed by atoms with Gasteiger partial charge in [-0.05, 0) is 81.5 Å². The first kappa shape index (κ1) is 23.9. The molecule has 178 valence electrons.